The van der Waals surface area contributed by atoms with Crippen molar-refractivity contribution >= 4 is 34.0 Å². The highest BCUT2D eigenvalue weighted by molar-refractivity contribution is 5.93. The summed E-state index contributed by atoms with van der Waals surface area (Å²) in [6.45, 7) is 2.45. The third kappa shape index (κ3) is 12.2. The molecule has 70 heavy (non-hydrogen) atoms. The molecule has 0 saturated carbocycles. The molecule has 15 heteroatoms. The molecule has 0 amide bonds. The standard InChI is InChI=1S/C27H28N2O5.C18H20N2O4.C10H14O2/c1-29-23-15-19(20-9-13-25(34-17-30-2)27(16-20)33-5)8-10-21(23)22(28-29)11-6-18-7-12-24(31-3)26(14-18)32-4;1-20-15-9-12(5-7-14(15)18(19-20)23-4)13-6-8-16(24-11-21-2)17(10-13)22-3;1-4-8-5-6-9(11-2)10(7-8)12-3/h6-16H,17H2,1-5H3;5-10H,11H2,1-4H3;5-7H,4H2,1-3H3. The van der Waals surface area contributed by atoms with Gasteiger partial charge in [-0.2, -0.15) is 5.10 Å². The maximum absolute atomic E-state index is 5.57. The second kappa shape index (κ2) is 24.9. The molecule has 0 aliphatic heterocycles. The van der Waals surface area contributed by atoms with Crippen LogP contribution in [0.15, 0.2) is 109 Å². The van der Waals surface area contributed by atoms with Crippen molar-refractivity contribution in [2.24, 2.45) is 14.1 Å². The second-order valence-electron chi connectivity index (χ2n) is 15.4. The molecule has 368 valence electrons. The highest BCUT2D eigenvalue weighted by Crippen LogP contribution is 2.37. The van der Waals surface area contributed by atoms with Gasteiger partial charge in [0.15, 0.2) is 59.6 Å². The fraction of sp³-hybridized carbons (Fsp3) is 0.273. The lowest BCUT2D eigenvalue weighted by Crippen LogP contribution is -2.00. The molecule has 15 nitrogen and oxygen atoms in total. The fourth-order valence-electron chi connectivity index (χ4n) is 7.55. The van der Waals surface area contributed by atoms with Crippen LogP contribution < -0.4 is 42.6 Å². The number of methoxy groups -OCH3 is 9. The smallest absolute Gasteiger partial charge is 0.240 e. The molecular weight excluding hydrogens is 893 g/mol. The Morgan fingerprint density at radius 2 is 0.857 bits per heavy atom. The first-order valence-corrected chi connectivity index (χ1v) is 22.3. The summed E-state index contributed by atoms with van der Waals surface area (Å²) in [4.78, 5) is 0. The van der Waals surface area contributed by atoms with Crippen molar-refractivity contribution in [3.05, 3.63) is 126 Å². The summed E-state index contributed by atoms with van der Waals surface area (Å²) in [6, 6.07) is 35.9. The SMILES string of the molecule is CCc1ccc(OC)c(OC)c1.COCOc1ccc(-c2ccc3c(C=Cc4ccc(OC)c(OC)c4)nn(C)c3c2)cc1OC.COCOc1ccc(-c2ccc3c(OC)nn(C)c3c2)cc1OC. The summed E-state index contributed by atoms with van der Waals surface area (Å²) in [5, 5.41) is 11.1. The van der Waals surface area contributed by atoms with E-state index in [0.717, 1.165) is 73.2 Å². The first-order valence-electron chi connectivity index (χ1n) is 22.3. The summed E-state index contributed by atoms with van der Waals surface area (Å²) < 4.78 is 61.9. The molecule has 0 bridgehead atoms. The summed E-state index contributed by atoms with van der Waals surface area (Å²) in [5.74, 6) is 6.19. The molecular formula is C55H62N4O11. The Hall–Kier alpha value is -7.88. The minimum Gasteiger partial charge on any atom is -0.493 e. The molecule has 0 fully saturated rings. The number of benzene rings is 6. The Kier molecular flexibility index (Phi) is 18.4. The van der Waals surface area contributed by atoms with Gasteiger partial charge in [-0.05, 0) is 119 Å². The number of hydrogen-bond acceptors (Lipinski definition) is 13. The molecule has 2 heterocycles. The van der Waals surface area contributed by atoms with E-state index in [-0.39, 0.29) is 13.6 Å². The maximum atomic E-state index is 5.57. The zero-order valence-electron chi connectivity index (χ0n) is 41.9. The average Bonchev–Trinajstić information content (AvgIpc) is 3.91. The number of fused-ring (bicyclic) bond motifs is 2. The van der Waals surface area contributed by atoms with Crippen LogP contribution in [-0.2, 0) is 30.0 Å². The molecule has 0 aliphatic rings. The van der Waals surface area contributed by atoms with Gasteiger partial charge in [0.2, 0.25) is 5.88 Å². The Morgan fingerprint density at radius 1 is 0.414 bits per heavy atom. The van der Waals surface area contributed by atoms with Gasteiger partial charge in [-0.15, -0.1) is 5.10 Å². The first kappa shape index (κ1) is 51.5. The van der Waals surface area contributed by atoms with E-state index in [4.69, 9.17) is 57.2 Å². The van der Waals surface area contributed by atoms with Crippen LogP contribution in [0.4, 0.5) is 0 Å². The van der Waals surface area contributed by atoms with E-state index in [0.29, 0.717) is 40.4 Å². The lowest BCUT2D eigenvalue weighted by atomic mass is 10.0. The normalized spacial score (nSPS) is 10.8. The van der Waals surface area contributed by atoms with Gasteiger partial charge in [-0.25, -0.2) is 0 Å². The van der Waals surface area contributed by atoms with E-state index in [1.54, 1.807) is 64.0 Å². The van der Waals surface area contributed by atoms with Crippen LogP contribution in [0.5, 0.6) is 51.9 Å². The summed E-state index contributed by atoms with van der Waals surface area (Å²) in [7, 11) is 18.4. The zero-order chi connectivity index (χ0) is 50.2. The second-order valence-corrected chi connectivity index (χ2v) is 15.4. The quantitative estimate of drug-likeness (QED) is 0.0755. The average molecular weight is 955 g/mol. The van der Waals surface area contributed by atoms with Crippen LogP contribution in [0, 0.1) is 0 Å². The molecule has 0 atom stereocenters. The van der Waals surface area contributed by atoms with Crippen LogP contribution in [0.2, 0.25) is 0 Å². The highest BCUT2D eigenvalue weighted by Gasteiger charge is 2.14. The molecule has 8 rings (SSSR count). The van der Waals surface area contributed by atoms with Gasteiger partial charge >= 0.3 is 0 Å². The number of aromatic nitrogens is 4. The Balaban J connectivity index is 0.000000193. The summed E-state index contributed by atoms with van der Waals surface area (Å²) in [6.07, 6.45) is 5.04. The van der Waals surface area contributed by atoms with E-state index in [2.05, 4.69) is 36.3 Å². The topological polar surface area (TPSA) is 137 Å². The Bertz CT molecular complexity index is 3020. The van der Waals surface area contributed by atoms with Crippen molar-refractivity contribution in [2.75, 3.05) is 77.6 Å². The van der Waals surface area contributed by atoms with Crippen LogP contribution >= 0.6 is 0 Å². The maximum Gasteiger partial charge on any atom is 0.240 e. The number of aryl methyl sites for hydroxylation is 3. The van der Waals surface area contributed by atoms with Gasteiger partial charge < -0.3 is 52.1 Å². The third-order valence-corrected chi connectivity index (χ3v) is 11.2. The predicted molar refractivity (Wildman–Crippen MR) is 274 cm³/mol. The predicted octanol–water partition coefficient (Wildman–Crippen LogP) is 10.9. The third-order valence-electron chi connectivity index (χ3n) is 11.2. The molecule has 0 radical (unpaired) electrons. The lowest BCUT2D eigenvalue weighted by molar-refractivity contribution is 0.0490. The molecule has 0 unspecified atom stereocenters. The number of ether oxygens (including phenoxy) is 11. The molecule has 8 aromatic rings. The van der Waals surface area contributed by atoms with Crippen molar-refractivity contribution in [3.63, 3.8) is 0 Å². The summed E-state index contributed by atoms with van der Waals surface area (Å²) in [5.41, 5.74) is 9.34. The first-order chi connectivity index (χ1) is 34.1. The van der Waals surface area contributed by atoms with E-state index in [9.17, 15) is 0 Å². The van der Waals surface area contributed by atoms with E-state index >= 15 is 0 Å². The van der Waals surface area contributed by atoms with Crippen LogP contribution in [0.25, 0.3) is 56.2 Å². The van der Waals surface area contributed by atoms with Crippen molar-refractivity contribution in [2.45, 2.75) is 13.3 Å². The minimum atomic E-state index is 0.163. The number of rotatable bonds is 18. The van der Waals surface area contributed by atoms with E-state index in [1.165, 1.54) is 5.56 Å². The van der Waals surface area contributed by atoms with Crippen LogP contribution in [0.3, 0.4) is 0 Å². The van der Waals surface area contributed by atoms with Crippen molar-refractivity contribution in [3.8, 4) is 74.1 Å². The van der Waals surface area contributed by atoms with Gasteiger partial charge in [0.25, 0.3) is 0 Å². The van der Waals surface area contributed by atoms with Crippen molar-refractivity contribution < 1.29 is 52.1 Å². The van der Waals surface area contributed by atoms with Crippen LogP contribution in [0.1, 0.15) is 23.7 Å². The van der Waals surface area contributed by atoms with Gasteiger partial charge in [-0.1, -0.05) is 49.4 Å². The van der Waals surface area contributed by atoms with Crippen molar-refractivity contribution in [1.29, 1.82) is 0 Å². The van der Waals surface area contributed by atoms with E-state index < -0.39 is 0 Å². The van der Waals surface area contributed by atoms with E-state index in [1.807, 2.05) is 121 Å². The van der Waals surface area contributed by atoms with Crippen molar-refractivity contribution in [1.82, 2.24) is 19.6 Å². The largest absolute Gasteiger partial charge is 0.493 e. The van der Waals surface area contributed by atoms with Crippen LogP contribution in [-0.4, -0.2) is 97.1 Å². The molecule has 6 aromatic carbocycles. The molecule has 2 aromatic heterocycles. The molecule has 0 saturated heterocycles. The number of nitrogens with zero attached hydrogens (tertiary/aromatic N) is 4. The Morgan fingerprint density at radius 3 is 1.37 bits per heavy atom. The lowest BCUT2D eigenvalue weighted by Gasteiger charge is -2.12. The molecule has 0 N–H and O–H groups in total. The summed E-state index contributed by atoms with van der Waals surface area (Å²) >= 11 is 0. The van der Waals surface area contributed by atoms with Gasteiger partial charge in [0.1, 0.15) is 0 Å². The number of hydrogen-bond donors (Lipinski definition) is 0. The van der Waals surface area contributed by atoms with Gasteiger partial charge in [-0.3, -0.25) is 9.36 Å². The molecule has 0 spiro atoms. The minimum absolute atomic E-state index is 0.163. The van der Waals surface area contributed by atoms with Gasteiger partial charge in [0.05, 0.1) is 71.9 Å². The zero-order valence-corrected chi connectivity index (χ0v) is 41.9. The fourth-order valence-corrected chi connectivity index (χ4v) is 7.55. The monoisotopic (exact) mass is 954 g/mol. The highest BCUT2D eigenvalue weighted by atomic mass is 16.7. The van der Waals surface area contributed by atoms with Gasteiger partial charge in [0, 0.05) is 33.7 Å². The molecule has 0 aliphatic carbocycles. The Labute approximate surface area is 409 Å².